The van der Waals surface area contributed by atoms with Crippen LogP contribution in [0.25, 0.3) is 17.1 Å². The van der Waals surface area contributed by atoms with Crippen molar-refractivity contribution in [3.05, 3.63) is 98.4 Å². The first kappa shape index (κ1) is 25.4. The predicted molar refractivity (Wildman–Crippen MR) is 135 cm³/mol. The first-order valence-electron chi connectivity index (χ1n) is 11.3. The smallest absolute Gasteiger partial charge is 0.277 e. The Kier molecular flexibility index (Phi) is 6.91. The standard InChI is InChI=1S/C27H25ClF2N4O2/c1-15-13-32-21(20-8-9-31-26(33-20)27(3,4)5)12-22(15)34-16(2)10-23(24(28)25(34)35)36-14-17-6-7-18(29)11-19(17)30/h6-13H,14H2,1-5H3. The summed E-state index contributed by atoms with van der Waals surface area (Å²) >= 11 is 6.38. The molecule has 9 heteroatoms. The number of halogens is 3. The fraction of sp³-hybridized carbons (Fsp3) is 0.259. The maximum atomic E-state index is 14.0. The van der Waals surface area contributed by atoms with Crippen LogP contribution >= 0.6 is 11.6 Å². The van der Waals surface area contributed by atoms with Crippen molar-refractivity contribution < 1.29 is 13.5 Å². The van der Waals surface area contributed by atoms with Gasteiger partial charge >= 0.3 is 0 Å². The summed E-state index contributed by atoms with van der Waals surface area (Å²) in [7, 11) is 0. The van der Waals surface area contributed by atoms with E-state index in [1.165, 1.54) is 10.6 Å². The maximum Gasteiger partial charge on any atom is 0.277 e. The van der Waals surface area contributed by atoms with E-state index in [-0.39, 0.29) is 28.4 Å². The Morgan fingerprint density at radius 2 is 1.78 bits per heavy atom. The lowest BCUT2D eigenvalue weighted by atomic mass is 9.95. The fourth-order valence-electron chi connectivity index (χ4n) is 3.64. The molecule has 0 atom stereocenters. The van der Waals surface area contributed by atoms with Gasteiger partial charge in [0.15, 0.2) is 0 Å². The molecular weight excluding hydrogens is 486 g/mol. The molecule has 0 unspecified atom stereocenters. The molecule has 0 fully saturated rings. The van der Waals surface area contributed by atoms with Crippen LogP contribution in [-0.4, -0.2) is 19.5 Å². The molecule has 36 heavy (non-hydrogen) atoms. The molecule has 3 heterocycles. The number of pyridine rings is 2. The van der Waals surface area contributed by atoms with Crippen LogP contribution in [0.1, 0.15) is 43.4 Å². The molecule has 3 aromatic heterocycles. The SMILES string of the molecule is Cc1cnc(-c2ccnc(C(C)(C)C)n2)cc1-n1c(C)cc(OCc2ccc(F)cc2F)c(Cl)c1=O. The zero-order chi connectivity index (χ0) is 26.2. The molecule has 0 radical (unpaired) electrons. The summed E-state index contributed by atoms with van der Waals surface area (Å²) in [5, 5.41) is -0.155. The number of aryl methyl sites for hydroxylation is 2. The summed E-state index contributed by atoms with van der Waals surface area (Å²) in [5.74, 6) is -0.636. The van der Waals surface area contributed by atoms with E-state index in [2.05, 4.69) is 15.0 Å². The number of benzene rings is 1. The molecule has 186 valence electrons. The van der Waals surface area contributed by atoms with E-state index in [9.17, 15) is 13.6 Å². The zero-order valence-corrected chi connectivity index (χ0v) is 21.3. The molecule has 0 saturated heterocycles. The Morgan fingerprint density at radius 1 is 1.03 bits per heavy atom. The van der Waals surface area contributed by atoms with Gasteiger partial charge < -0.3 is 4.74 Å². The minimum absolute atomic E-state index is 0.108. The quantitative estimate of drug-likeness (QED) is 0.324. The summed E-state index contributed by atoms with van der Waals surface area (Å²) < 4.78 is 34.2. The van der Waals surface area contributed by atoms with E-state index in [1.807, 2.05) is 27.7 Å². The molecule has 0 saturated carbocycles. The molecule has 4 rings (SSSR count). The molecule has 0 aliphatic heterocycles. The van der Waals surface area contributed by atoms with Crippen molar-refractivity contribution in [1.82, 2.24) is 19.5 Å². The van der Waals surface area contributed by atoms with Gasteiger partial charge in [-0.1, -0.05) is 32.4 Å². The van der Waals surface area contributed by atoms with Crippen LogP contribution < -0.4 is 10.3 Å². The molecule has 1 aromatic carbocycles. The lowest BCUT2D eigenvalue weighted by Gasteiger charge is -2.18. The van der Waals surface area contributed by atoms with Crippen molar-refractivity contribution in [3.63, 3.8) is 0 Å². The van der Waals surface area contributed by atoms with E-state index in [4.69, 9.17) is 16.3 Å². The zero-order valence-electron chi connectivity index (χ0n) is 20.6. The molecule has 0 amide bonds. The monoisotopic (exact) mass is 510 g/mol. The Hall–Kier alpha value is -3.65. The van der Waals surface area contributed by atoms with E-state index >= 15 is 0 Å². The van der Waals surface area contributed by atoms with Gasteiger partial charge in [-0.25, -0.2) is 18.7 Å². The highest BCUT2D eigenvalue weighted by atomic mass is 35.5. The molecule has 4 aromatic rings. The lowest BCUT2D eigenvalue weighted by molar-refractivity contribution is 0.298. The minimum Gasteiger partial charge on any atom is -0.487 e. The van der Waals surface area contributed by atoms with Crippen molar-refractivity contribution in [1.29, 1.82) is 0 Å². The van der Waals surface area contributed by atoms with Crippen LogP contribution in [0.3, 0.4) is 0 Å². The van der Waals surface area contributed by atoms with E-state index in [1.54, 1.807) is 37.5 Å². The van der Waals surface area contributed by atoms with Gasteiger partial charge in [0.05, 0.1) is 17.1 Å². The summed E-state index contributed by atoms with van der Waals surface area (Å²) in [6.07, 6.45) is 3.36. The highest BCUT2D eigenvalue weighted by Crippen LogP contribution is 2.28. The van der Waals surface area contributed by atoms with Crippen LogP contribution in [0.5, 0.6) is 5.75 Å². The van der Waals surface area contributed by atoms with Crippen LogP contribution in [0.15, 0.2) is 53.6 Å². The molecular formula is C27H25ClF2N4O2. The molecule has 0 bridgehead atoms. The van der Waals surface area contributed by atoms with E-state index in [0.29, 0.717) is 28.6 Å². The van der Waals surface area contributed by atoms with Crippen molar-refractivity contribution >= 4 is 11.6 Å². The molecule has 6 nitrogen and oxygen atoms in total. The molecule has 0 N–H and O–H groups in total. The van der Waals surface area contributed by atoms with Gasteiger partial charge in [-0.2, -0.15) is 0 Å². The second-order valence-electron chi connectivity index (χ2n) is 9.50. The van der Waals surface area contributed by atoms with Crippen LogP contribution in [0.4, 0.5) is 8.78 Å². The molecule has 0 aliphatic carbocycles. The van der Waals surface area contributed by atoms with Crippen LogP contribution in [0, 0.1) is 25.5 Å². The van der Waals surface area contributed by atoms with Gasteiger partial charge in [0.25, 0.3) is 5.56 Å². The van der Waals surface area contributed by atoms with Crippen LogP contribution in [-0.2, 0) is 12.0 Å². The second kappa shape index (κ2) is 9.78. The Labute approximate surface area is 212 Å². The average molecular weight is 511 g/mol. The van der Waals surface area contributed by atoms with Gasteiger partial charge in [0.2, 0.25) is 0 Å². The summed E-state index contributed by atoms with van der Waals surface area (Å²) in [6.45, 7) is 9.45. The topological polar surface area (TPSA) is 69.9 Å². The largest absolute Gasteiger partial charge is 0.487 e. The van der Waals surface area contributed by atoms with E-state index in [0.717, 1.165) is 17.7 Å². The predicted octanol–water partition coefficient (Wildman–Crippen LogP) is 6.11. The van der Waals surface area contributed by atoms with Gasteiger partial charge in [-0.15, -0.1) is 0 Å². The van der Waals surface area contributed by atoms with E-state index < -0.39 is 17.2 Å². The average Bonchev–Trinajstić information content (AvgIpc) is 2.82. The van der Waals surface area contributed by atoms with Crippen molar-refractivity contribution in [2.24, 2.45) is 0 Å². The number of nitrogens with zero attached hydrogens (tertiary/aromatic N) is 4. The Morgan fingerprint density at radius 3 is 2.47 bits per heavy atom. The van der Waals surface area contributed by atoms with Crippen LogP contribution in [0.2, 0.25) is 5.02 Å². The third kappa shape index (κ3) is 5.14. The number of ether oxygens (including phenoxy) is 1. The van der Waals surface area contributed by atoms with Gasteiger partial charge in [-0.3, -0.25) is 14.3 Å². The lowest BCUT2D eigenvalue weighted by Crippen LogP contribution is -2.23. The number of hydrogen-bond donors (Lipinski definition) is 0. The first-order chi connectivity index (χ1) is 17.0. The van der Waals surface area contributed by atoms with Crippen molar-refractivity contribution in [3.8, 4) is 22.8 Å². The first-order valence-corrected chi connectivity index (χ1v) is 11.6. The van der Waals surface area contributed by atoms with Gasteiger partial charge in [0.1, 0.15) is 34.8 Å². The number of aromatic nitrogens is 4. The highest BCUT2D eigenvalue weighted by Gasteiger charge is 2.20. The number of hydrogen-bond acceptors (Lipinski definition) is 5. The highest BCUT2D eigenvalue weighted by molar-refractivity contribution is 6.31. The minimum atomic E-state index is -0.740. The van der Waals surface area contributed by atoms with Crippen molar-refractivity contribution in [2.45, 2.75) is 46.6 Å². The Bertz CT molecular complexity index is 1510. The summed E-state index contributed by atoms with van der Waals surface area (Å²) in [6, 6.07) is 8.35. The number of rotatable bonds is 5. The second-order valence-corrected chi connectivity index (χ2v) is 9.88. The van der Waals surface area contributed by atoms with Gasteiger partial charge in [0, 0.05) is 41.2 Å². The Balaban J connectivity index is 1.72. The summed E-state index contributed by atoms with van der Waals surface area (Å²) in [5.41, 5.74) is 2.53. The normalized spacial score (nSPS) is 11.6. The molecule has 0 aliphatic rings. The fourth-order valence-corrected chi connectivity index (χ4v) is 3.83. The third-order valence-corrected chi connectivity index (χ3v) is 5.95. The summed E-state index contributed by atoms with van der Waals surface area (Å²) in [4.78, 5) is 26.8. The maximum absolute atomic E-state index is 14.0. The van der Waals surface area contributed by atoms with Gasteiger partial charge in [-0.05, 0) is 43.7 Å². The van der Waals surface area contributed by atoms with Crippen molar-refractivity contribution in [2.75, 3.05) is 0 Å². The third-order valence-electron chi connectivity index (χ3n) is 5.60. The molecule has 0 spiro atoms.